The Hall–Kier alpha value is -3.47. The molecule has 1 amide bonds. The third kappa shape index (κ3) is 4.13. The number of imidazole rings is 1. The molecule has 4 atom stereocenters. The van der Waals surface area contributed by atoms with Crippen LogP contribution in [0.3, 0.4) is 0 Å². The number of alkyl halides is 3. The standard InChI is InChI=1S/C24H25F3N6O2/c1-2-18-14-7-13(34)8-19(14)33(18)23(35)17-9-16(31-12-24(25,26)27)15(10-29-17)22(28)20-11-30-21-5-3-4-6-32(20)21/h3-6,9-11,13-14,18-19,28,34H,2,7-8,12H2,1H3,(H,29,31). The van der Waals surface area contributed by atoms with Crippen molar-refractivity contribution in [3.8, 4) is 0 Å². The molecule has 3 N–H and O–H groups in total. The van der Waals surface area contributed by atoms with Gasteiger partial charge >= 0.3 is 6.18 Å². The Kier molecular flexibility index (Phi) is 5.74. The lowest BCUT2D eigenvalue weighted by molar-refractivity contribution is -0.115. The van der Waals surface area contributed by atoms with E-state index in [0.717, 1.165) is 6.42 Å². The Morgan fingerprint density at radius 1 is 1.26 bits per heavy atom. The van der Waals surface area contributed by atoms with Gasteiger partial charge in [0.15, 0.2) is 0 Å². The number of fused-ring (bicyclic) bond motifs is 2. The Labute approximate surface area is 199 Å². The summed E-state index contributed by atoms with van der Waals surface area (Å²) in [7, 11) is 0. The lowest BCUT2D eigenvalue weighted by atomic mass is 9.80. The van der Waals surface area contributed by atoms with Crippen LogP contribution in [0.5, 0.6) is 0 Å². The predicted molar refractivity (Wildman–Crippen MR) is 123 cm³/mol. The topological polar surface area (TPSA) is 107 Å². The van der Waals surface area contributed by atoms with Gasteiger partial charge in [0.25, 0.3) is 5.91 Å². The van der Waals surface area contributed by atoms with E-state index in [4.69, 9.17) is 5.41 Å². The Balaban J connectivity index is 1.49. The van der Waals surface area contributed by atoms with Crippen LogP contribution in [0, 0.1) is 11.3 Å². The first kappa shape index (κ1) is 23.3. The summed E-state index contributed by atoms with van der Waals surface area (Å²) in [6, 6.07) is 6.47. The van der Waals surface area contributed by atoms with Crippen molar-refractivity contribution in [2.75, 3.05) is 11.9 Å². The van der Waals surface area contributed by atoms with Crippen LogP contribution in [0.15, 0.2) is 42.9 Å². The van der Waals surface area contributed by atoms with Crippen molar-refractivity contribution in [3.05, 3.63) is 59.8 Å². The lowest BCUT2D eigenvalue weighted by Gasteiger charge is -2.52. The molecule has 0 aromatic carbocycles. The van der Waals surface area contributed by atoms with Crippen molar-refractivity contribution >= 4 is 23.0 Å². The molecule has 3 aromatic heterocycles. The van der Waals surface area contributed by atoms with Crippen molar-refractivity contribution < 1.29 is 23.1 Å². The summed E-state index contributed by atoms with van der Waals surface area (Å²) in [5, 5.41) is 21.1. The summed E-state index contributed by atoms with van der Waals surface area (Å²) >= 11 is 0. The molecule has 1 aliphatic heterocycles. The van der Waals surface area contributed by atoms with Crippen molar-refractivity contribution in [1.29, 1.82) is 5.41 Å². The smallest absolute Gasteiger partial charge is 0.393 e. The molecule has 8 nitrogen and oxygen atoms in total. The van der Waals surface area contributed by atoms with Crippen LogP contribution >= 0.6 is 0 Å². The number of nitrogens with one attached hydrogen (secondary N) is 2. The third-order valence-electron chi connectivity index (χ3n) is 6.96. The quantitative estimate of drug-likeness (QED) is 0.463. The van der Waals surface area contributed by atoms with E-state index in [1.807, 2.05) is 6.92 Å². The highest BCUT2D eigenvalue weighted by molar-refractivity contribution is 6.13. The minimum absolute atomic E-state index is 0.00246. The van der Waals surface area contributed by atoms with Crippen LogP contribution in [0.25, 0.3) is 5.65 Å². The van der Waals surface area contributed by atoms with E-state index in [1.165, 1.54) is 18.5 Å². The first-order valence-corrected chi connectivity index (χ1v) is 11.5. The number of amides is 1. The summed E-state index contributed by atoms with van der Waals surface area (Å²) in [6.45, 7) is 0.645. The normalized spacial score (nSPS) is 23.7. The number of nitrogens with zero attached hydrogens (tertiary/aromatic N) is 4. The first-order chi connectivity index (χ1) is 16.7. The minimum Gasteiger partial charge on any atom is -0.393 e. The maximum Gasteiger partial charge on any atom is 0.405 e. The summed E-state index contributed by atoms with van der Waals surface area (Å²) in [5.74, 6) is -0.153. The molecular formula is C24H25F3N6O2. The third-order valence-corrected chi connectivity index (χ3v) is 6.96. The van der Waals surface area contributed by atoms with Gasteiger partial charge in [0.1, 0.15) is 17.9 Å². The van der Waals surface area contributed by atoms with Gasteiger partial charge in [-0.25, -0.2) is 4.98 Å². The Morgan fingerprint density at radius 2 is 2.06 bits per heavy atom. The molecule has 4 unspecified atom stereocenters. The Bertz CT molecular complexity index is 1280. The van der Waals surface area contributed by atoms with E-state index >= 15 is 0 Å². The summed E-state index contributed by atoms with van der Waals surface area (Å²) in [6.07, 6.45) is 1.35. The molecule has 35 heavy (non-hydrogen) atoms. The van der Waals surface area contributed by atoms with Crippen molar-refractivity contribution in [2.45, 2.75) is 50.6 Å². The highest BCUT2D eigenvalue weighted by Gasteiger charge is 2.54. The highest BCUT2D eigenvalue weighted by atomic mass is 19.4. The second-order valence-corrected chi connectivity index (χ2v) is 9.08. The van der Waals surface area contributed by atoms with Crippen LogP contribution in [0.4, 0.5) is 18.9 Å². The molecule has 1 aliphatic carbocycles. The van der Waals surface area contributed by atoms with Gasteiger partial charge < -0.3 is 15.3 Å². The van der Waals surface area contributed by atoms with E-state index in [0.29, 0.717) is 24.2 Å². The van der Waals surface area contributed by atoms with Gasteiger partial charge in [-0.2, -0.15) is 13.2 Å². The van der Waals surface area contributed by atoms with Gasteiger partial charge in [-0.3, -0.25) is 19.6 Å². The molecule has 1 saturated carbocycles. The number of aliphatic hydroxyl groups is 1. The van der Waals surface area contributed by atoms with Crippen molar-refractivity contribution in [2.24, 2.45) is 5.92 Å². The first-order valence-electron chi connectivity index (χ1n) is 11.5. The Morgan fingerprint density at radius 3 is 2.80 bits per heavy atom. The van der Waals surface area contributed by atoms with Gasteiger partial charge in [-0.15, -0.1) is 0 Å². The maximum atomic E-state index is 13.3. The van der Waals surface area contributed by atoms with Crippen molar-refractivity contribution in [3.63, 3.8) is 0 Å². The number of rotatable bonds is 6. The largest absolute Gasteiger partial charge is 0.405 e. The molecule has 4 heterocycles. The second kappa shape index (κ2) is 8.63. The number of aliphatic hydroxyl groups excluding tert-OH is 1. The van der Waals surface area contributed by atoms with Crippen LogP contribution < -0.4 is 5.32 Å². The summed E-state index contributed by atoms with van der Waals surface area (Å²) in [4.78, 5) is 23.5. The molecule has 0 bridgehead atoms. The fourth-order valence-electron chi connectivity index (χ4n) is 5.41. The minimum atomic E-state index is -4.49. The number of aromatic nitrogens is 3. The average molecular weight is 486 g/mol. The number of hydrogen-bond acceptors (Lipinski definition) is 6. The molecule has 5 rings (SSSR count). The monoisotopic (exact) mass is 486 g/mol. The molecule has 0 spiro atoms. The van der Waals surface area contributed by atoms with Crippen LogP contribution in [-0.4, -0.2) is 66.9 Å². The van der Waals surface area contributed by atoms with E-state index in [-0.39, 0.29) is 46.6 Å². The number of likely N-dealkylation sites (tertiary alicyclic amines) is 1. The predicted octanol–water partition coefficient (Wildman–Crippen LogP) is 3.49. The zero-order valence-electron chi connectivity index (χ0n) is 19.0. The summed E-state index contributed by atoms with van der Waals surface area (Å²) < 4.78 is 40.8. The molecule has 2 aliphatic rings. The molecule has 11 heteroatoms. The van der Waals surface area contributed by atoms with E-state index < -0.39 is 18.8 Å². The van der Waals surface area contributed by atoms with Crippen molar-refractivity contribution in [1.82, 2.24) is 19.3 Å². The number of halogens is 3. The van der Waals surface area contributed by atoms with Gasteiger partial charge in [-0.05, 0) is 37.5 Å². The van der Waals surface area contributed by atoms with Gasteiger partial charge in [0, 0.05) is 41.6 Å². The number of carbonyl (C=O) groups is 1. The fraction of sp³-hybridized carbons (Fsp3) is 0.417. The number of carbonyl (C=O) groups excluding carboxylic acids is 1. The summed E-state index contributed by atoms with van der Waals surface area (Å²) in [5.41, 5.74) is 1.02. The van der Waals surface area contributed by atoms with Crippen LogP contribution in [-0.2, 0) is 0 Å². The zero-order valence-corrected chi connectivity index (χ0v) is 19.0. The fourth-order valence-corrected chi connectivity index (χ4v) is 5.41. The zero-order chi connectivity index (χ0) is 24.9. The van der Waals surface area contributed by atoms with E-state index in [1.54, 1.807) is 33.7 Å². The molecule has 0 radical (unpaired) electrons. The van der Waals surface area contributed by atoms with E-state index in [2.05, 4.69) is 15.3 Å². The van der Waals surface area contributed by atoms with Gasteiger partial charge in [0.05, 0.1) is 23.7 Å². The van der Waals surface area contributed by atoms with Crippen LogP contribution in [0.1, 0.15) is 47.9 Å². The number of pyridine rings is 2. The lowest BCUT2D eigenvalue weighted by Crippen LogP contribution is -2.63. The molecule has 184 valence electrons. The molecule has 2 fully saturated rings. The number of anilines is 1. The second-order valence-electron chi connectivity index (χ2n) is 9.08. The average Bonchev–Trinajstić information content (AvgIpc) is 3.39. The molecule has 3 aromatic rings. The van der Waals surface area contributed by atoms with Gasteiger partial charge in [0.2, 0.25) is 0 Å². The number of hydrogen-bond donors (Lipinski definition) is 3. The van der Waals surface area contributed by atoms with E-state index in [9.17, 15) is 23.1 Å². The molecule has 1 saturated heterocycles. The SMILES string of the molecule is CCC1C2CC(O)CC2N1C(=O)c1cc(NCC(F)(F)F)c(C(=N)c2cnc3ccccn23)cn1. The molecular weight excluding hydrogens is 461 g/mol. The van der Waals surface area contributed by atoms with Gasteiger partial charge in [-0.1, -0.05) is 13.0 Å². The highest BCUT2D eigenvalue weighted by Crippen LogP contribution is 2.46. The van der Waals surface area contributed by atoms with Crippen LogP contribution in [0.2, 0.25) is 0 Å². The maximum absolute atomic E-state index is 13.3.